The number of sulfonamides is 1. The molecule has 0 aromatic heterocycles. The highest BCUT2D eigenvalue weighted by Gasteiger charge is 2.35. The third-order valence-electron chi connectivity index (χ3n) is 4.23. The third-order valence-corrected chi connectivity index (χ3v) is 5.78. The van der Waals surface area contributed by atoms with Gasteiger partial charge in [-0.15, -0.1) is 0 Å². The molecule has 0 aliphatic heterocycles. The highest BCUT2D eigenvalue weighted by Crippen LogP contribution is 2.28. The number of carbonyl (C=O) groups is 1. The van der Waals surface area contributed by atoms with Crippen LogP contribution in [-0.4, -0.2) is 20.4 Å². The van der Waals surface area contributed by atoms with Gasteiger partial charge < -0.3 is 5.73 Å². The maximum absolute atomic E-state index is 12.7. The lowest BCUT2D eigenvalue weighted by Gasteiger charge is -2.19. The van der Waals surface area contributed by atoms with Gasteiger partial charge in [0.05, 0.1) is 10.8 Å². The Morgan fingerprint density at radius 1 is 1.09 bits per heavy atom. The Bertz CT molecular complexity index is 812. The quantitative estimate of drug-likeness (QED) is 0.900. The molecule has 22 heavy (non-hydrogen) atoms. The molecule has 0 unspecified atom stereocenters. The summed E-state index contributed by atoms with van der Waals surface area (Å²) in [4.78, 5) is 11.7. The molecule has 0 radical (unpaired) electrons. The minimum Gasteiger partial charge on any atom is -0.369 e. The van der Waals surface area contributed by atoms with Gasteiger partial charge in [-0.25, -0.2) is 13.1 Å². The van der Waals surface area contributed by atoms with E-state index in [1.807, 2.05) is 24.3 Å². The van der Waals surface area contributed by atoms with Crippen molar-refractivity contribution < 1.29 is 13.2 Å². The highest BCUT2D eigenvalue weighted by molar-refractivity contribution is 7.89. The Morgan fingerprint density at radius 3 is 2.59 bits per heavy atom. The van der Waals surface area contributed by atoms with E-state index in [1.54, 1.807) is 18.2 Å². The fourth-order valence-corrected chi connectivity index (χ4v) is 4.68. The monoisotopic (exact) mass is 318 g/mol. The van der Waals surface area contributed by atoms with Crippen molar-refractivity contribution in [3.05, 3.63) is 42.5 Å². The molecule has 5 nitrogen and oxygen atoms in total. The van der Waals surface area contributed by atoms with E-state index in [0.717, 1.165) is 11.8 Å². The molecule has 1 saturated carbocycles. The molecule has 116 valence electrons. The van der Waals surface area contributed by atoms with Crippen molar-refractivity contribution >= 4 is 26.7 Å². The van der Waals surface area contributed by atoms with Crippen molar-refractivity contribution in [1.82, 2.24) is 4.72 Å². The minimum absolute atomic E-state index is 0.237. The number of carbonyl (C=O) groups excluding carboxylic acids is 1. The van der Waals surface area contributed by atoms with Crippen molar-refractivity contribution in [2.45, 2.75) is 30.2 Å². The van der Waals surface area contributed by atoms with Crippen molar-refractivity contribution in [3.8, 4) is 0 Å². The summed E-state index contributed by atoms with van der Waals surface area (Å²) in [7, 11) is -3.69. The van der Waals surface area contributed by atoms with Crippen molar-refractivity contribution in [3.63, 3.8) is 0 Å². The third kappa shape index (κ3) is 2.71. The lowest BCUT2D eigenvalue weighted by molar-refractivity contribution is -0.122. The second-order valence-corrected chi connectivity index (χ2v) is 7.33. The van der Waals surface area contributed by atoms with Gasteiger partial charge in [0.15, 0.2) is 0 Å². The molecule has 3 N–H and O–H groups in total. The van der Waals surface area contributed by atoms with Crippen molar-refractivity contribution in [1.29, 1.82) is 0 Å². The average Bonchev–Trinajstić information content (AvgIpc) is 2.94. The number of fused-ring (bicyclic) bond motifs is 1. The van der Waals surface area contributed by atoms with Crippen LogP contribution in [0.5, 0.6) is 0 Å². The normalized spacial score (nSPS) is 22.0. The Labute approximate surface area is 129 Å². The second kappa shape index (κ2) is 5.70. The zero-order valence-electron chi connectivity index (χ0n) is 12.0. The first-order valence-corrected chi connectivity index (χ1v) is 8.77. The Balaban J connectivity index is 1.97. The van der Waals surface area contributed by atoms with Gasteiger partial charge in [0.1, 0.15) is 0 Å². The average molecular weight is 318 g/mol. The molecule has 1 fully saturated rings. The van der Waals surface area contributed by atoms with E-state index < -0.39 is 27.9 Å². The Morgan fingerprint density at radius 2 is 1.82 bits per heavy atom. The molecule has 0 heterocycles. The number of amides is 1. The zero-order valence-corrected chi connectivity index (χ0v) is 12.8. The minimum atomic E-state index is -3.69. The molecule has 0 bridgehead atoms. The topological polar surface area (TPSA) is 89.3 Å². The summed E-state index contributed by atoms with van der Waals surface area (Å²) in [6.07, 6.45) is 2.08. The predicted molar refractivity (Wildman–Crippen MR) is 84.6 cm³/mol. The number of hydrogen-bond donors (Lipinski definition) is 2. The molecule has 3 rings (SSSR count). The number of benzene rings is 2. The summed E-state index contributed by atoms with van der Waals surface area (Å²) in [6.45, 7) is 0. The summed E-state index contributed by atoms with van der Waals surface area (Å²) >= 11 is 0. The van der Waals surface area contributed by atoms with Gasteiger partial charge in [0, 0.05) is 11.4 Å². The fraction of sp³-hybridized carbons (Fsp3) is 0.312. The smallest absolute Gasteiger partial charge is 0.241 e. The van der Waals surface area contributed by atoms with Crippen LogP contribution in [0.3, 0.4) is 0 Å². The van der Waals surface area contributed by atoms with Crippen LogP contribution in [0.1, 0.15) is 19.3 Å². The van der Waals surface area contributed by atoms with Crippen LogP contribution in [0.4, 0.5) is 0 Å². The van der Waals surface area contributed by atoms with Gasteiger partial charge in [-0.05, 0) is 24.3 Å². The second-order valence-electron chi connectivity index (χ2n) is 5.64. The van der Waals surface area contributed by atoms with Crippen molar-refractivity contribution in [2.24, 2.45) is 11.7 Å². The lowest BCUT2D eigenvalue weighted by Crippen LogP contribution is -2.42. The molecule has 2 atom stereocenters. The van der Waals surface area contributed by atoms with Gasteiger partial charge in [-0.2, -0.15) is 0 Å². The standard InChI is InChI=1S/C16H18N2O3S/c17-16(19)13-8-4-9-14(13)18-22(20,21)15-10-3-6-11-5-1-2-7-12(11)15/h1-3,5-7,10,13-14,18H,4,8-9H2,(H2,17,19)/t13-,14-/m1/s1. The van der Waals surface area contributed by atoms with Crippen LogP contribution < -0.4 is 10.5 Å². The van der Waals surface area contributed by atoms with Crippen molar-refractivity contribution in [2.75, 3.05) is 0 Å². The maximum atomic E-state index is 12.7. The molecule has 0 spiro atoms. The largest absolute Gasteiger partial charge is 0.369 e. The molecule has 6 heteroatoms. The molecule has 1 amide bonds. The van der Waals surface area contributed by atoms with Crippen LogP contribution in [-0.2, 0) is 14.8 Å². The van der Waals surface area contributed by atoms with Crippen LogP contribution in [0, 0.1) is 5.92 Å². The number of nitrogens with one attached hydrogen (secondary N) is 1. The van der Waals surface area contributed by atoms with Crippen LogP contribution in [0.15, 0.2) is 47.4 Å². The molecular formula is C16H18N2O3S. The van der Waals surface area contributed by atoms with Gasteiger partial charge in [-0.3, -0.25) is 4.79 Å². The van der Waals surface area contributed by atoms with Gasteiger partial charge in [0.2, 0.25) is 15.9 Å². The lowest BCUT2D eigenvalue weighted by atomic mass is 10.0. The summed E-state index contributed by atoms with van der Waals surface area (Å²) in [5, 5.41) is 1.54. The van der Waals surface area contributed by atoms with E-state index in [-0.39, 0.29) is 4.90 Å². The first-order valence-electron chi connectivity index (χ1n) is 7.28. The SMILES string of the molecule is NC(=O)[C@@H]1CCC[C@H]1NS(=O)(=O)c1cccc2ccccc12. The zero-order chi connectivity index (χ0) is 15.7. The molecule has 0 saturated heterocycles. The van der Waals surface area contributed by atoms with E-state index in [1.165, 1.54) is 0 Å². The number of hydrogen-bond acceptors (Lipinski definition) is 3. The summed E-state index contributed by atoms with van der Waals surface area (Å²) in [6, 6.07) is 12.1. The van der Waals surface area contributed by atoms with Gasteiger partial charge in [-0.1, -0.05) is 42.8 Å². The predicted octanol–water partition coefficient (Wildman–Crippen LogP) is 1.77. The molecular weight excluding hydrogens is 300 g/mol. The summed E-state index contributed by atoms with van der Waals surface area (Å²) < 4.78 is 28.1. The summed E-state index contributed by atoms with van der Waals surface area (Å²) in [5.41, 5.74) is 5.36. The maximum Gasteiger partial charge on any atom is 0.241 e. The highest BCUT2D eigenvalue weighted by atomic mass is 32.2. The molecule has 1 aliphatic carbocycles. The van der Waals surface area contributed by atoms with E-state index in [2.05, 4.69) is 4.72 Å². The van der Waals surface area contributed by atoms with E-state index >= 15 is 0 Å². The molecule has 2 aromatic carbocycles. The first kappa shape index (κ1) is 15.0. The molecule has 2 aromatic rings. The van der Waals surface area contributed by atoms with Gasteiger partial charge in [0.25, 0.3) is 0 Å². The first-order chi connectivity index (χ1) is 10.5. The number of primary amides is 1. The summed E-state index contributed by atoms with van der Waals surface area (Å²) in [5.74, 6) is -0.868. The van der Waals surface area contributed by atoms with E-state index in [9.17, 15) is 13.2 Å². The van der Waals surface area contributed by atoms with Crippen LogP contribution in [0.2, 0.25) is 0 Å². The van der Waals surface area contributed by atoms with E-state index in [0.29, 0.717) is 18.2 Å². The molecule has 1 aliphatic rings. The fourth-order valence-electron chi connectivity index (χ4n) is 3.13. The number of nitrogens with two attached hydrogens (primary N) is 1. The van der Waals surface area contributed by atoms with Crippen LogP contribution in [0.25, 0.3) is 10.8 Å². The Kier molecular flexibility index (Phi) is 3.88. The Hall–Kier alpha value is -1.92. The van der Waals surface area contributed by atoms with E-state index in [4.69, 9.17) is 5.73 Å². The van der Waals surface area contributed by atoms with Crippen LogP contribution >= 0.6 is 0 Å². The number of rotatable bonds is 4. The van der Waals surface area contributed by atoms with Gasteiger partial charge >= 0.3 is 0 Å².